The third-order valence-electron chi connectivity index (χ3n) is 5.44. The van der Waals surface area contributed by atoms with E-state index in [9.17, 15) is 9.59 Å². The number of carbonyl (C=O) groups excluding carboxylic acids is 2. The molecule has 4 rings (SSSR count). The quantitative estimate of drug-likeness (QED) is 0.411. The first-order valence-electron chi connectivity index (χ1n) is 10.2. The number of benzene rings is 3. The molecule has 0 radical (unpaired) electrons. The van der Waals surface area contributed by atoms with Crippen molar-refractivity contribution in [1.82, 2.24) is 0 Å². The summed E-state index contributed by atoms with van der Waals surface area (Å²) >= 11 is 0. The molecule has 1 heterocycles. The third-order valence-corrected chi connectivity index (χ3v) is 5.44. The van der Waals surface area contributed by atoms with Crippen molar-refractivity contribution in [2.45, 2.75) is 38.1 Å². The Kier molecular flexibility index (Phi) is 5.77. The Labute approximate surface area is 176 Å². The number of cyclic esters (lactones) is 1. The van der Waals surface area contributed by atoms with Crippen LogP contribution in [0.1, 0.15) is 30.9 Å². The first-order chi connectivity index (χ1) is 14.6. The van der Waals surface area contributed by atoms with Gasteiger partial charge < -0.3 is 9.47 Å². The van der Waals surface area contributed by atoms with Gasteiger partial charge in [-0.1, -0.05) is 98.3 Å². The highest BCUT2D eigenvalue weighted by Crippen LogP contribution is 2.40. The van der Waals surface area contributed by atoms with Crippen molar-refractivity contribution in [3.05, 3.63) is 96.1 Å². The van der Waals surface area contributed by atoms with E-state index in [0.29, 0.717) is 18.4 Å². The monoisotopic (exact) mass is 400 g/mol. The average Bonchev–Trinajstić information content (AvgIpc) is 3.04. The van der Waals surface area contributed by atoms with E-state index in [2.05, 4.69) is 0 Å². The van der Waals surface area contributed by atoms with E-state index in [1.807, 2.05) is 91.9 Å². The van der Waals surface area contributed by atoms with Crippen LogP contribution in [0.2, 0.25) is 0 Å². The number of esters is 1. The van der Waals surface area contributed by atoms with Crippen molar-refractivity contribution in [2.75, 3.05) is 0 Å². The second kappa shape index (κ2) is 8.64. The van der Waals surface area contributed by atoms with Gasteiger partial charge in [0.15, 0.2) is 5.60 Å². The van der Waals surface area contributed by atoms with Crippen molar-refractivity contribution < 1.29 is 19.1 Å². The van der Waals surface area contributed by atoms with E-state index in [1.165, 1.54) is 0 Å². The van der Waals surface area contributed by atoms with Crippen molar-refractivity contribution in [2.24, 2.45) is 0 Å². The fourth-order valence-electron chi connectivity index (χ4n) is 3.93. The summed E-state index contributed by atoms with van der Waals surface area (Å²) in [5.41, 5.74) is 2.43. The van der Waals surface area contributed by atoms with Crippen LogP contribution < -0.4 is 0 Å². The number of carbonyl (C=O) groups is 2. The van der Waals surface area contributed by atoms with E-state index < -0.39 is 17.7 Å². The summed E-state index contributed by atoms with van der Waals surface area (Å²) in [6.45, 7) is 2.15. The number of ketones is 1. The highest BCUT2D eigenvalue weighted by molar-refractivity contribution is 6.12. The van der Waals surface area contributed by atoms with Gasteiger partial charge in [0.2, 0.25) is 11.9 Å². The van der Waals surface area contributed by atoms with E-state index in [-0.39, 0.29) is 12.4 Å². The maximum absolute atomic E-state index is 13.3. The number of hydrogen-bond donors (Lipinski definition) is 0. The first kappa shape index (κ1) is 20.0. The molecule has 0 aromatic heterocycles. The van der Waals surface area contributed by atoms with E-state index in [1.54, 1.807) is 0 Å². The molecular weight excluding hydrogens is 376 g/mol. The molecule has 4 nitrogen and oxygen atoms in total. The van der Waals surface area contributed by atoms with Gasteiger partial charge in [-0.05, 0) is 23.1 Å². The predicted octanol–water partition coefficient (Wildman–Crippen LogP) is 5.06. The van der Waals surface area contributed by atoms with Crippen LogP contribution in [-0.4, -0.2) is 17.9 Å². The Morgan fingerprint density at radius 1 is 0.833 bits per heavy atom. The molecule has 0 N–H and O–H groups in total. The van der Waals surface area contributed by atoms with E-state index >= 15 is 0 Å². The minimum Gasteiger partial charge on any atom is -0.444 e. The Morgan fingerprint density at radius 2 is 1.43 bits per heavy atom. The first-order valence-corrected chi connectivity index (χ1v) is 10.2. The Balaban J connectivity index is 1.59. The van der Waals surface area contributed by atoms with Crippen LogP contribution >= 0.6 is 0 Å². The Hall–Kier alpha value is -3.24. The zero-order valence-electron chi connectivity index (χ0n) is 16.9. The minimum absolute atomic E-state index is 0.182. The van der Waals surface area contributed by atoms with Gasteiger partial charge >= 0.3 is 5.97 Å². The molecule has 1 aliphatic heterocycles. The zero-order chi connectivity index (χ0) is 21.0. The summed E-state index contributed by atoms with van der Waals surface area (Å²) in [6.07, 6.45) is -0.0799. The molecule has 3 aromatic carbocycles. The van der Waals surface area contributed by atoms with Crippen molar-refractivity contribution >= 4 is 11.8 Å². The molecule has 2 atom stereocenters. The molecule has 0 spiro atoms. The second-order valence-electron chi connectivity index (χ2n) is 7.48. The smallest absolute Gasteiger partial charge is 0.344 e. The van der Waals surface area contributed by atoms with Gasteiger partial charge in [-0.25, -0.2) is 4.79 Å². The molecule has 30 heavy (non-hydrogen) atoms. The van der Waals surface area contributed by atoms with Crippen molar-refractivity contribution in [3.63, 3.8) is 0 Å². The molecule has 1 fully saturated rings. The van der Waals surface area contributed by atoms with Gasteiger partial charge in [-0.2, -0.15) is 0 Å². The lowest BCUT2D eigenvalue weighted by atomic mass is 9.84. The van der Waals surface area contributed by atoms with Crippen molar-refractivity contribution in [3.8, 4) is 11.1 Å². The van der Waals surface area contributed by atoms with Gasteiger partial charge in [0.1, 0.15) is 0 Å². The fraction of sp³-hybridized carbons (Fsp3) is 0.231. The lowest BCUT2D eigenvalue weighted by molar-refractivity contribution is -0.157. The van der Waals surface area contributed by atoms with Gasteiger partial charge in [0.25, 0.3) is 0 Å². The van der Waals surface area contributed by atoms with Gasteiger partial charge in [-0.15, -0.1) is 0 Å². The van der Waals surface area contributed by atoms with Crippen LogP contribution in [-0.2, 0) is 31.3 Å². The molecule has 2 unspecified atom stereocenters. The summed E-state index contributed by atoms with van der Waals surface area (Å²) in [5.74, 6) is -0.936. The molecule has 1 aliphatic rings. The van der Waals surface area contributed by atoms with Crippen LogP contribution in [0.15, 0.2) is 84.9 Å². The second-order valence-corrected chi connectivity index (χ2v) is 7.48. The van der Waals surface area contributed by atoms with E-state index in [4.69, 9.17) is 9.47 Å². The lowest BCUT2D eigenvalue weighted by Gasteiger charge is -2.26. The maximum atomic E-state index is 13.3. The zero-order valence-corrected chi connectivity index (χ0v) is 16.9. The molecule has 3 aromatic rings. The van der Waals surface area contributed by atoms with Crippen molar-refractivity contribution in [1.29, 1.82) is 0 Å². The van der Waals surface area contributed by atoms with E-state index in [0.717, 1.165) is 16.7 Å². The maximum Gasteiger partial charge on any atom is 0.344 e. The fourth-order valence-corrected chi connectivity index (χ4v) is 3.93. The molecule has 4 heteroatoms. The lowest BCUT2D eigenvalue weighted by Crippen LogP contribution is -2.37. The van der Waals surface area contributed by atoms with Gasteiger partial charge in [0, 0.05) is 5.56 Å². The summed E-state index contributed by atoms with van der Waals surface area (Å²) < 4.78 is 11.4. The van der Waals surface area contributed by atoms with Crippen LogP contribution in [0.5, 0.6) is 0 Å². The standard InChI is InChI=1S/C26H24O4/c1-2-17-26(22-15-13-21(14-16-22)20-11-7-4-8-12-20)24(27)23(25(28)30-26)29-18-19-9-5-3-6-10-19/h3-16,23H,2,17-18H2,1H3. The predicted molar refractivity (Wildman–Crippen MR) is 115 cm³/mol. The molecule has 0 aliphatic carbocycles. The molecule has 0 bridgehead atoms. The third kappa shape index (κ3) is 3.79. The Morgan fingerprint density at radius 3 is 2.07 bits per heavy atom. The summed E-state index contributed by atoms with van der Waals surface area (Å²) in [7, 11) is 0. The topological polar surface area (TPSA) is 52.6 Å². The van der Waals surface area contributed by atoms with Gasteiger partial charge in [-0.3, -0.25) is 4.79 Å². The molecular formula is C26H24O4. The summed E-state index contributed by atoms with van der Waals surface area (Å²) in [5, 5.41) is 0. The minimum atomic E-state index is -1.29. The SMILES string of the molecule is CCCC1(c2ccc(-c3ccccc3)cc2)OC(=O)C(OCc2ccccc2)C1=O. The molecule has 1 saturated heterocycles. The van der Waals surface area contributed by atoms with Crippen LogP contribution in [0.3, 0.4) is 0 Å². The average molecular weight is 400 g/mol. The van der Waals surface area contributed by atoms with Gasteiger partial charge in [0.05, 0.1) is 6.61 Å². The molecule has 0 saturated carbocycles. The number of rotatable bonds is 7. The highest BCUT2D eigenvalue weighted by atomic mass is 16.6. The Bertz CT molecular complexity index is 1010. The summed E-state index contributed by atoms with van der Waals surface area (Å²) in [4.78, 5) is 25.9. The van der Waals surface area contributed by atoms with Crippen LogP contribution in [0, 0.1) is 0 Å². The number of Topliss-reactive ketones (excluding diaryl/α,β-unsaturated/α-hetero) is 1. The molecule has 0 amide bonds. The van der Waals surface area contributed by atoms with Crippen LogP contribution in [0.4, 0.5) is 0 Å². The highest BCUT2D eigenvalue weighted by Gasteiger charge is 2.56. The normalized spacial score (nSPS) is 20.9. The molecule has 152 valence electrons. The van der Waals surface area contributed by atoms with Crippen LogP contribution in [0.25, 0.3) is 11.1 Å². The largest absolute Gasteiger partial charge is 0.444 e. The number of hydrogen-bond acceptors (Lipinski definition) is 4. The number of ether oxygens (including phenoxy) is 2. The summed E-state index contributed by atoms with van der Waals surface area (Å²) in [6, 6.07) is 27.2.